The summed E-state index contributed by atoms with van der Waals surface area (Å²) in [6.07, 6.45) is 0. The summed E-state index contributed by atoms with van der Waals surface area (Å²) in [7, 11) is 0. The van der Waals surface area contributed by atoms with E-state index in [9.17, 15) is 4.79 Å². The van der Waals surface area contributed by atoms with E-state index in [0.717, 1.165) is 0 Å². The molecule has 10 heavy (non-hydrogen) atoms. The molecule has 0 spiro atoms. The van der Waals surface area contributed by atoms with Crippen LogP contribution in [0.25, 0.3) is 0 Å². The topological polar surface area (TPSA) is 105 Å². The molecule has 0 aliphatic rings. The molecule has 0 heterocycles. The van der Waals surface area contributed by atoms with Gasteiger partial charge in [-0.15, -0.1) is 0 Å². The Hall–Kier alpha value is -0.650. The highest BCUT2D eigenvalue weighted by Crippen LogP contribution is 1.79. The minimum absolute atomic E-state index is 0. The molecule has 62 valence electrons. The van der Waals surface area contributed by atoms with Crippen molar-refractivity contribution in [1.82, 2.24) is 11.5 Å². The average Bonchev–Trinajstić information content (AvgIpc) is 1.82. The monoisotopic (exact) mass is 150 g/mol. The van der Waals surface area contributed by atoms with Gasteiger partial charge in [0.05, 0.1) is 6.61 Å². The predicted octanol–water partition coefficient (Wildman–Crippen LogP) is -0.797. The summed E-state index contributed by atoms with van der Waals surface area (Å²) < 4.78 is 0. The Labute approximate surface area is 59.6 Å². The number of rotatable bonds is 4. The molecule has 0 aromatic rings. The Kier molecular flexibility index (Phi) is 7.81. The normalized spacial score (nSPS) is 11.8. The van der Waals surface area contributed by atoms with Crippen molar-refractivity contribution < 1.29 is 15.0 Å². The van der Waals surface area contributed by atoms with Crippen LogP contribution in [0.3, 0.4) is 0 Å². The Bertz CT molecular complexity index is 96.9. The van der Waals surface area contributed by atoms with Crippen LogP contribution in [0, 0.1) is 0 Å². The molecule has 0 saturated heterocycles. The molecule has 1 unspecified atom stereocenters. The largest absolute Gasteiger partial charge is 0.480 e. The van der Waals surface area contributed by atoms with Crippen LogP contribution < -0.4 is 11.5 Å². The standard InChI is InChI=1S/C5H11NO3.H3N/c1-2-6-4(3-7)5(8)9;/h4,6-7H,2-3H2,1H3,(H,8,9);1H3. The van der Waals surface area contributed by atoms with Crippen LogP contribution in [0.5, 0.6) is 0 Å². The molecule has 0 aromatic heterocycles. The van der Waals surface area contributed by atoms with Gasteiger partial charge in [-0.1, -0.05) is 6.92 Å². The lowest BCUT2D eigenvalue weighted by atomic mass is 10.3. The maximum Gasteiger partial charge on any atom is 0.323 e. The number of carboxylic acids is 1. The van der Waals surface area contributed by atoms with E-state index in [1.165, 1.54) is 0 Å². The van der Waals surface area contributed by atoms with E-state index < -0.39 is 12.0 Å². The summed E-state index contributed by atoms with van der Waals surface area (Å²) in [5.41, 5.74) is 0. The molecule has 0 radical (unpaired) electrons. The molecule has 0 aliphatic heterocycles. The molecular weight excluding hydrogens is 136 g/mol. The van der Waals surface area contributed by atoms with Crippen LogP contribution in [0.1, 0.15) is 6.92 Å². The second-order valence-electron chi connectivity index (χ2n) is 1.63. The molecule has 0 aromatic carbocycles. The molecule has 0 fully saturated rings. The summed E-state index contributed by atoms with van der Waals surface area (Å²) >= 11 is 0. The fraction of sp³-hybridized carbons (Fsp3) is 0.800. The summed E-state index contributed by atoms with van der Waals surface area (Å²) in [6.45, 7) is 1.98. The number of nitrogens with one attached hydrogen (secondary N) is 1. The zero-order chi connectivity index (χ0) is 7.28. The van der Waals surface area contributed by atoms with Crippen LogP contribution in [0.2, 0.25) is 0 Å². The molecule has 0 amide bonds. The number of aliphatic hydroxyl groups is 1. The second-order valence-corrected chi connectivity index (χ2v) is 1.63. The van der Waals surface area contributed by atoms with Crippen molar-refractivity contribution in [2.45, 2.75) is 13.0 Å². The van der Waals surface area contributed by atoms with Crippen molar-refractivity contribution >= 4 is 5.97 Å². The number of carbonyl (C=O) groups is 1. The van der Waals surface area contributed by atoms with Crippen LogP contribution in [-0.2, 0) is 4.79 Å². The maximum absolute atomic E-state index is 10.1. The first-order valence-electron chi connectivity index (χ1n) is 2.79. The van der Waals surface area contributed by atoms with E-state index in [2.05, 4.69) is 5.32 Å². The number of aliphatic carboxylic acids is 1. The van der Waals surface area contributed by atoms with Gasteiger partial charge in [0.15, 0.2) is 0 Å². The van der Waals surface area contributed by atoms with Crippen LogP contribution in [0.15, 0.2) is 0 Å². The van der Waals surface area contributed by atoms with E-state index in [1.54, 1.807) is 6.92 Å². The predicted molar refractivity (Wildman–Crippen MR) is 37.2 cm³/mol. The SMILES string of the molecule is CCNC(CO)C(=O)O.N. The molecular formula is C5H14N2O3. The smallest absolute Gasteiger partial charge is 0.323 e. The number of hydrogen-bond donors (Lipinski definition) is 4. The summed E-state index contributed by atoms with van der Waals surface area (Å²) in [6, 6.07) is -0.810. The van der Waals surface area contributed by atoms with Gasteiger partial charge in [-0.25, -0.2) is 0 Å². The minimum atomic E-state index is -1.01. The highest BCUT2D eigenvalue weighted by atomic mass is 16.4. The van der Waals surface area contributed by atoms with Gasteiger partial charge in [-0.2, -0.15) is 0 Å². The molecule has 1 atom stereocenters. The lowest BCUT2D eigenvalue weighted by Crippen LogP contribution is -2.39. The van der Waals surface area contributed by atoms with Crippen molar-refractivity contribution in [3.8, 4) is 0 Å². The third-order valence-corrected chi connectivity index (χ3v) is 0.931. The van der Waals surface area contributed by atoms with Gasteiger partial charge in [0.2, 0.25) is 0 Å². The van der Waals surface area contributed by atoms with Gasteiger partial charge in [0.25, 0.3) is 0 Å². The fourth-order valence-electron chi connectivity index (χ4n) is 0.476. The number of likely N-dealkylation sites (N-methyl/N-ethyl adjacent to an activating group) is 1. The lowest BCUT2D eigenvalue weighted by Gasteiger charge is -2.07. The summed E-state index contributed by atoms with van der Waals surface area (Å²) in [5.74, 6) is -1.01. The quantitative estimate of drug-likeness (QED) is 0.420. The number of hydrogen-bond acceptors (Lipinski definition) is 4. The van der Waals surface area contributed by atoms with Gasteiger partial charge in [0, 0.05) is 0 Å². The van der Waals surface area contributed by atoms with E-state index in [4.69, 9.17) is 10.2 Å². The molecule has 0 aliphatic carbocycles. The molecule has 6 N–H and O–H groups in total. The maximum atomic E-state index is 10.1. The third-order valence-electron chi connectivity index (χ3n) is 0.931. The van der Waals surface area contributed by atoms with E-state index in [-0.39, 0.29) is 12.8 Å². The van der Waals surface area contributed by atoms with Crippen LogP contribution in [0.4, 0.5) is 0 Å². The highest BCUT2D eigenvalue weighted by Gasteiger charge is 2.12. The van der Waals surface area contributed by atoms with Gasteiger partial charge in [-0.05, 0) is 6.54 Å². The van der Waals surface area contributed by atoms with Gasteiger partial charge >= 0.3 is 5.97 Å². The molecule has 5 heteroatoms. The fourth-order valence-corrected chi connectivity index (χ4v) is 0.476. The van der Waals surface area contributed by atoms with Crippen molar-refractivity contribution in [2.75, 3.05) is 13.2 Å². The molecule has 0 saturated carbocycles. The van der Waals surface area contributed by atoms with E-state index >= 15 is 0 Å². The van der Waals surface area contributed by atoms with Crippen LogP contribution >= 0.6 is 0 Å². The minimum Gasteiger partial charge on any atom is -0.480 e. The average molecular weight is 150 g/mol. The Morgan fingerprint density at radius 3 is 2.30 bits per heavy atom. The summed E-state index contributed by atoms with van der Waals surface area (Å²) in [4.78, 5) is 10.1. The van der Waals surface area contributed by atoms with Gasteiger partial charge in [0.1, 0.15) is 6.04 Å². The van der Waals surface area contributed by atoms with Crippen LogP contribution in [-0.4, -0.2) is 35.4 Å². The van der Waals surface area contributed by atoms with Crippen molar-refractivity contribution in [2.24, 2.45) is 0 Å². The zero-order valence-electron chi connectivity index (χ0n) is 6.00. The first kappa shape index (κ1) is 12.1. The second kappa shape index (κ2) is 6.47. The van der Waals surface area contributed by atoms with Crippen molar-refractivity contribution in [1.29, 1.82) is 0 Å². The van der Waals surface area contributed by atoms with Crippen molar-refractivity contribution in [3.05, 3.63) is 0 Å². The molecule has 0 bridgehead atoms. The zero-order valence-corrected chi connectivity index (χ0v) is 6.00. The molecule has 5 nitrogen and oxygen atoms in total. The third kappa shape index (κ3) is 4.25. The summed E-state index contributed by atoms with van der Waals surface area (Å²) in [5, 5.41) is 19.2. The van der Waals surface area contributed by atoms with Gasteiger partial charge < -0.3 is 21.7 Å². The Morgan fingerprint density at radius 2 is 2.20 bits per heavy atom. The number of aliphatic hydroxyl groups excluding tert-OH is 1. The highest BCUT2D eigenvalue weighted by molar-refractivity contribution is 5.73. The Balaban J connectivity index is 0. The first-order valence-corrected chi connectivity index (χ1v) is 2.79. The van der Waals surface area contributed by atoms with E-state index in [1.807, 2.05) is 0 Å². The van der Waals surface area contributed by atoms with Gasteiger partial charge in [-0.3, -0.25) is 4.79 Å². The molecule has 0 rings (SSSR count). The Morgan fingerprint density at radius 1 is 1.70 bits per heavy atom. The number of carboxylic acid groups (broad SMARTS) is 1. The van der Waals surface area contributed by atoms with E-state index in [0.29, 0.717) is 6.54 Å². The first-order chi connectivity index (χ1) is 4.22. The van der Waals surface area contributed by atoms with Crippen molar-refractivity contribution in [3.63, 3.8) is 0 Å². The lowest BCUT2D eigenvalue weighted by molar-refractivity contribution is -0.140.